The molecule has 0 rings (SSSR count). The summed E-state index contributed by atoms with van der Waals surface area (Å²) in [6, 6.07) is 0. The van der Waals surface area contributed by atoms with E-state index in [0.717, 1.165) is 6.92 Å². The molecule has 0 saturated carbocycles. The quantitative estimate of drug-likeness (QED) is 0.432. The molecule has 0 saturated heterocycles. The predicted octanol–water partition coefficient (Wildman–Crippen LogP) is 3.37. The van der Waals surface area contributed by atoms with Crippen LogP contribution in [0.25, 0.3) is 0 Å². The molecule has 0 bridgehead atoms. The molecule has 122 valence electrons. The van der Waals surface area contributed by atoms with Gasteiger partial charge in [0.25, 0.3) is 0 Å². The van der Waals surface area contributed by atoms with Crippen LogP contribution in [0.3, 0.4) is 0 Å². The minimum absolute atomic E-state index is 0.972. The zero-order valence-corrected chi connectivity index (χ0v) is 14.5. The zero-order chi connectivity index (χ0) is 15.9. The van der Waals surface area contributed by atoms with Crippen LogP contribution >= 0.6 is 0 Å². The number of quaternary nitrogens is 1. The third kappa shape index (κ3) is 17.4. The molecule has 3 nitrogen and oxygen atoms in total. The van der Waals surface area contributed by atoms with Crippen molar-refractivity contribution in [3.8, 4) is 0 Å². The Balaban J connectivity index is 0. The van der Waals surface area contributed by atoms with Gasteiger partial charge in [-0.25, -0.2) is 0 Å². The third-order valence-corrected chi connectivity index (χ3v) is 4.08. The fourth-order valence-corrected chi connectivity index (χ4v) is 2.17. The predicted molar refractivity (Wildman–Crippen MR) is 85.4 cm³/mol. The van der Waals surface area contributed by atoms with Crippen LogP contribution in [-0.2, 0) is 4.79 Å². The lowest BCUT2D eigenvalue weighted by Gasteiger charge is -2.32. The van der Waals surface area contributed by atoms with Crippen LogP contribution in [0.5, 0.6) is 0 Å². The second kappa shape index (κ2) is 14.8. The first kappa shape index (κ1) is 21.7. The van der Waals surface area contributed by atoms with E-state index in [9.17, 15) is 0 Å². The molecule has 0 amide bonds. The highest BCUT2D eigenvalue weighted by molar-refractivity contribution is 5.60. The molecule has 3 heteroatoms. The molecule has 0 spiro atoms. The maximum absolute atomic E-state index is 8.89. The van der Waals surface area contributed by atoms with E-state index in [4.69, 9.17) is 9.90 Å². The number of carbonyl (C=O) groups is 1. The van der Waals surface area contributed by atoms with Crippen LogP contribution in [0.15, 0.2) is 0 Å². The molecule has 0 heterocycles. The summed E-state index contributed by atoms with van der Waals surface area (Å²) in [7, 11) is 2.39. The van der Waals surface area contributed by atoms with Crippen molar-refractivity contribution in [2.75, 3.05) is 26.7 Å². The molecule has 0 aromatic heterocycles. The number of hydrogen-bond donors (Lipinski definition) is 0. The highest BCUT2D eigenvalue weighted by atomic mass is 16.4. The SMILES string of the molecule is CC(=O)[O-].CCCCCCCCCC[N+](C)(CC)CC. The van der Waals surface area contributed by atoms with Crippen molar-refractivity contribution in [3.05, 3.63) is 0 Å². The van der Waals surface area contributed by atoms with Gasteiger partial charge in [-0.1, -0.05) is 45.4 Å². The number of carboxylic acid groups (broad SMARTS) is 1. The Labute approximate surface area is 127 Å². The van der Waals surface area contributed by atoms with Gasteiger partial charge in [-0.05, 0) is 33.6 Å². The average molecular weight is 287 g/mol. The standard InChI is InChI=1S/C15H34N.C2H4O2/c1-5-8-9-10-11-12-13-14-15-16(4,6-2)7-3;1-2(3)4/h5-15H2,1-4H3;1H3,(H,3,4)/q+1;/p-1. The minimum Gasteiger partial charge on any atom is -0.550 e. The van der Waals surface area contributed by atoms with E-state index in [1.165, 1.54) is 75.5 Å². The maximum Gasteiger partial charge on any atom is 0.0784 e. The normalized spacial score (nSPS) is 10.8. The summed E-state index contributed by atoms with van der Waals surface area (Å²) < 4.78 is 1.26. The summed E-state index contributed by atoms with van der Waals surface area (Å²) in [6.45, 7) is 11.8. The molecule has 0 aliphatic rings. The molecule has 0 atom stereocenters. The van der Waals surface area contributed by atoms with Gasteiger partial charge in [0.15, 0.2) is 0 Å². The lowest BCUT2D eigenvalue weighted by Crippen LogP contribution is -2.44. The Morgan fingerprint density at radius 3 is 1.55 bits per heavy atom. The van der Waals surface area contributed by atoms with Gasteiger partial charge < -0.3 is 14.4 Å². The Kier molecular flexibility index (Phi) is 16.1. The van der Waals surface area contributed by atoms with E-state index in [0.29, 0.717) is 0 Å². The van der Waals surface area contributed by atoms with Gasteiger partial charge in [0, 0.05) is 5.97 Å². The van der Waals surface area contributed by atoms with Gasteiger partial charge in [-0.2, -0.15) is 0 Å². The number of aliphatic carboxylic acids is 1. The van der Waals surface area contributed by atoms with Gasteiger partial charge in [0.05, 0.1) is 26.7 Å². The highest BCUT2D eigenvalue weighted by Crippen LogP contribution is 2.10. The van der Waals surface area contributed by atoms with Crippen LogP contribution in [0, 0.1) is 0 Å². The Hall–Kier alpha value is -0.570. The number of rotatable bonds is 11. The monoisotopic (exact) mass is 287 g/mol. The molecular weight excluding hydrogens is 250 g/mol. The summed E-state index contributed by atoms with van der Waals surface area (Å²) in [4.78, 5) is 8.89. The van der Waals surface area contributed by atoms with E-state index in [1.54, 1.807) is 0 Å². The summed E-state index contributed by atoms with van der Waals surface area (Å²) in [5.41, 5.74) is 0. The summed E-state index contributed by atoms with van der Waals surface area (Å²) in [5.74, 6) is -1.08. The summed E-state index contributed by atoms with van der Waals surface area (Å²) in [5, 5.41) is 8.89. The largest absolute Gasteiger partial charge is 0.550 e. The van der Waals surface area contributed by atoms with Gasteiger partial charge in [0.2, 0.25) is 0 Å². The molecule has 0 aliphatic heterocycles. The van der Waals surface area contributed by atoms with Gasteiger partial charge in [-0.15, -0.1) is 0 Å². The van der Waals surface area contributed by atoms with E-state index in [1.807, 2.05) is 0 Å². The lowest BCUT2D eigenvalue weighted by atomic mass is 10.1. The first-order valence-corrected chi connectivity index (χ1v) is 8.43. The number of unbranched alkanes of at least 4 members (excludes halogenated alkanes) is 7. The Morgan fingerprint density at radius 2 is 1.20 bits per heavy atom. The van der Waals surface area contributed by atoms with Crippen LogP contribution < -0.4 is 5.11 Å². The molecular formula is C17H37NO2. The first-order valence-electron chi connectivity index (χ1n) is 8.43. The number of nitrogens with zero attached hydrogens (tertiary/aromatic N) is 1. The second-order valence-electron chi connectivity index (χ2n) is 5.94. The van der Waals surface area contributed by atoms with Crippen molar-refractivity contribution in [2.45, 2.75) is 79.1 Å². The minimum atomic E-state index is -1.08. The zero-order valence-electron chi connectivity index (χ0n) is 14.5. The van der Waals surface area contributed by atoms with E-state index >= 15 is 0 Å². The summed E-state index contributed by atoms with van der Waals surface area (Å²) >= 11 is 0. The van der Waals surface area contributed by atoms with Crippen LogP contribution in [0.2, 0.25) is 0 Å². The van der Waals surface area contributed by atoms with Crippen molar-refractivity contribution < 1.29 is 14.4 Å². The second-order valence-corrected chi connectivity index (χ2v) is 5.94. The van der Waals surface area contributed by atoms with Crippen LogP contribution in [0.4, 0.5) is 0 Å². The van der Waals surface area contributed by atoms with E-state index in [-0.39, 0.29) is 0 Å². The maximum atomic E-state index is 8.89. The molecule has 0 aliphatic carbocycles. The van der Waals surface area contributed by atoms with Gasteiger partial charge >= 0.3 is 0 Å². The molecule has 0 radical (unpaired) electrons. The molecule has 0 unspecified atom stereocenters. The Morgan fingerprint density at radius 1 is 0.850 bits per heavy atom. The number of hydrogen-bond acceptors (Lipinski definition) is 2. The average Bonchev–Trinajstić information content (AvgIpc) is 2.41. The van der Waals surface area contributed by atoms with E-state index < -0.39 is 5.97 Å². The number of carbonyl (C=O) groups excluding carboxylic acids is 1. The topological polar surface area (TPSA) is 40.1 Å². The molecule has 0 aromatic rings. The van der Waals surface area contributed by atoms with E-state index in [2.05, 4.69) is 27.8 Å². The smallest absolute Gasteiger partial charge is 0.0784 e. The summed E-state index contributed by atoms with van der Waals surface area (Å²) in [6.07, 6.45) is 11.5. The molecule has 0 N–H and O–H groups in total. The van der Waals surface area contributed by atoms with Gasteiger partial charge in [0.1, 0.15) is 0 Å². The Bertz CT molecular complexity index is 209. The first-order chi connectivity index (χ1) is 9.41. The van der Waals surface area contributed by atoms with Crippen molar-refractivity contribution in [3.63, 3.8) is 0 Å². The van der Waals surface area contributed by atoms with Crippen molar-refractivity contribution >= 4 is 5.97 Å². The van der Waals surface area contributed by atoms with Gasteiger partial charge in [-0.3, -0.25) is 0 Å². The third-order valence-electron chi connectivity index (χ3n) is 4.08. The van der Waals surface area contributed by atoms with Crippen molar-refractivity contribution in [1.82, 2.24) is 0 Å². The molecule has 0 aromatic carbocycles. The molecule has 0 fully saturated rings. The van der Waals surface area contributed by atoms with Crippen molar-refractivity contribution in [2.24, 2.45) is 0 Å². The fraction of sp³-hybridized carbons (Fsp3) is 0.941. The fourth-order valence-electron chi connectivity index (χ4n) is 2.17. The van der Waals surface area contributed by atoms with Crippen molar-refractivity contribution in [1.29, 1.82) is 0 Å². The van der Waals surface area contributed by atoms with Crippen LogP contribution in [-0.4, -0.2) is 37.1 Å². The van der Waals surface area contributed by atoms with Crippen LogP contribution in [0.1, 0.15) is 79.1 Å². The lowest BCUT2D eigenvalue weighted by molar-refractivity contribution is -0.906. The highest BCUT2D eigenvalue weighted by Gasteiger charge is 2.14. The molecule has 20 heavy (non-hydrogen) atoms. The number of carboxylic acids is 1.